The first-order chi connectivity index (χ1) is 9.87. The zero-order valence-electron chi connectivity index (χ0n) is 14.2. The van der Waals surface area contributed by atoms with Crippen LogP contribution in [0.15, 0.2) is 12.4 Å². The van der Waals surface area contributed by atoms with Gasteiger partial charge in [-0.25, -0.2) is 9.97 Å². The summed E-state index contributed by atoms with van der Waals surface area (Å²) in [5.41, 5.74) is 1.26. The molecule has 118 valence electrons. The molecule has 1 heterocycles. The topological polar surface area (TPSA) is 41.1 Å². The number of aromatic nitrogens is 2. The molecule has 1 N–H and O–H groups in total. The molecule has 1 aliphatic carbocycles. The lowest BCUT2D eigenvalue weighted by atomic mass is 9.85. The predicted octanol–water partition coefficient (Wildman–Crippen LogP) is 3.38. The number of nitrogens with one attached hydrogen (secondary N) is 1. The fourth-order valence-corrected chi connectivity index (χ4v) is 3.01. The van der Waals surface area contributed by atoms with Gasteiger partial charge in [-0.2, -0.15) is 0 Å². The molecule has 0 bridgehead atoms. The van der Waals surface area contributed by atoms with Crippen LogP contribution in [0.25, 0.3) is 0 Å². The Labute approximate surface area is 129 Å². The van der Waals surface area contributed by atoms with Gasteiger partial charge in [0.05, 0.1) is 0 Å². The minimum atomic E-state index is 0.118. The lowest BCUT2D eigenvalue weighted by Gasteiger charge is -2.36. The quantitative estimate of drug-likeness (QED) is 0.923. The second-order valence-corrected chi connectivity index (χ2v) is 7.43. The number of nitrogens with zero attached hydrogens (tertiary/aromatic N) is 3. The summed E-state index contributed by atoms with van der Waals surface area (Å²) < 4.78 is 0. The largest absolute Gasteiger partial charge is 0.341 e. The van der Waals surface area contributed by atoms with E-state index in [4.69, 9.17) is 0 Å². The van der Waals surface area contributed by atoms with Crippen molar-refractivity contribution in [1.29, 1.82) is 0 Å². The molecule has 0 spiro atoms. The average molecular weight is 290 g/mol. The van der Waals surface area contributed by atoms with Crippen LogP contribution >= 0.6 is 0 Å². The van der Waals surface area contributed by atoms with Gasteiger partial charge in [0.1, 0.15) is 0 Å². The van der Waals surface area contributed by atoms with E-state index in [2.05, 4.69) is 54.9 Å². The molecule has 1 aromatic rings. The maximum Gasteiger partial charge on any atom is 0.225 e. The van der Waals surface area contributed by atoms with Crippen molar-refractivity contribution in [3.05, 3.63) is 18.0 Å². The first-order valence-corrected chi connectivity index (χ1v) is 8.15. The highest BCUT2D eigenvalue weighted by Gasteiger charge is 2.26. The average Bonchev–Trinajstić information content (AvgIpc) is 2.45. The second-order valence-electron chi connectivity index (χ2n) is 7.43. The third kappa shape index (κ3) is 4.67. The first-order valence-electron chi connectivity index (χ1n) is 8.15. The second kappa shape index (κ2) is 6.73. The van der Waals surface area contributed by atoms with Gasteiger partial charge in [-0.15, -0.1) is 0 Å². The lowest BCUT2D eigenvalue weighted by molar-refractivity contribution is 0.319. The summed E-state index contributed by atoms with van der Waals surface area (Å²) in [5, 5.41) is 3.46. The number of hydrogen-bond acceptors (Lipinski definition) is 4. The summed E-state index contributed by atoms with van der Waals surface area (Å²) in [7, 11) is 2.13. The van der Waals surface area contributed by atoms with E-state index in [1.54, 1.807) is 0 Å². The van der Waals surface area contributed by atoms with Gasteiger partial charge >= 0.3 is 0 Å². The van der Waals surface area contributed by atoms with Gasteiger partial charge in [0.2, 0.25) is 5.95 Å². The Morgan fingerprint density at radius 2 is 1.81 bits per heavy atom. The summed E-state index contributed by atoms with van der Waals surface area (Å²) in [6, 6.07) is 0.581. The van der Waals surface area contributed by atoms with Crippen molar-refractivity contribution < 1.29 is 0 Å². The van der Waals surface area contributed by atoms with Crippen LogP contribution in [0.3, 0.4) is 0 Å². The van der Waals surface area contributed by atoms with Crippen molar-refractivity contribution in [2.45, 2.75) is 71.5 Å². The number of rotatable bonds is 4. The van der Waals surface area contributed by atoms with E-state index in [1.165, 1.54) is 25.7 Å². The Morgan fingerprint density at radius 1 is 1.19 bits per heavy atom. The molecule has 0 saturated heterocycles. The summed E-state index contributed by atoms with van der Waals surface area (Å²) in [5.74, 6) is 1.59. The lowest BCUT2D eigenvalue weighted by Crippen LogP contribution is -2.40. The van der Waals surface area contributed by atoms with E-state index in [1.807, 2.05) is 12.4 Å². The molecule has 4 nitrogen and oxygen atoms in total. The monoisotopic (exact) mass is 290 g/mol. The zero-order chi connectivity index (χ0) is 15.5. The van der Waals surface area contributed by atoms with Gasteiger partial charge in [0.15, 0.2) is 0 Å². The molecule has 4 heteroatoms. The molecule has 21 heavy (non-hydrogen) atoms. The number of hydrogen-bond donors (Lipinski definition) is 1. The molecule has 0 aliphatic heterocycles. The van der Waals surface area contributed by atoms with Crippen LogP contribution < -0.4 is 10.2 Å². The van der Waals surface area contributed by atoms with Crippen molar-refractivity contribution in [1.82, 2.24) is 15.3 Å². The van der Waals surface area contributed by atoms with Gasteiger partial charge in [-0.05, 0) is 39.5 Å². The fourth-order valence-electron chi connectivity index (χ4n) is 3.01. The Bertz CT molecular complexity index is 435. The molecule has 2 unspecified atom stereocenters. The van der Waals surface area contributed by atoms with Gasteiger partial charge < -0.3 is 10.2 Å². The molecule has 0 aromatic carbocycles. The maximum atomic E-state index is 4.56. The van der Waals surface area contributed by atoms with Crippen molar-refractivity contribution in [2.75, 3.05) is 11.9 Å². The van der Waals surface area contributed by atoms with Crippen LogP contribution in [-0.4, -0.2) is 28.6 Å². The molecule has 0 amide bonds. The van der Waals surface area contributed by atoms with E-state index in [0.717, 1.165) is 24.0 Å². The van der Waals surface area contributed by atoms with Crippen molar-refractivity contribution in [3.63, 3.8) is 0 Å². The maximum absolute atomic E-state index is 4.56. The minimum Gasteiger partial charge on any atom is -0.341 e. The van der Waals surface area contributed by atoms with E-state index in [9.17, 15) is 0 Å². The third-order valence-corrected chi connectivity index (χ3v) is 4.39. The summed E-state index contributed by atoms with van der Waals surface area (Å²) >= 11 is 0. The molecule has 0 radical (unpaired) electrons. The van der Waals surface area contributed by atoms with Crippen LogP contribution in [0.4, 0.5) is 5.95 Å². The Balaban J connectivity index is 1.97. The number of anilines is 1. The standard InChI is InChI=1S/C17H30N4/c1-13-8-6-7-9-15(13)21(5)16-18-10-14(11-19-16)12-20-17(2,3)4/h10-11,13,15,20H,6-9,12H2,1-5H3. The van der Waals surface area contributed by atoms with Crippen molar-refractivity contribution >= 4 is 5.95 Å². The van der Waals surface area contributed by atoms with Gasteiger partial charge in [0.25, 0.3) is 0 Å². The third-order valence-electron chi connectivity index (χ3n) is 4.39. The molecule has 1 fully saturated rings. The predicted molar refractivity (Wildman–Crippen MR) is 88.4 cm³/mol. The van der Waals surface area contributed by atoms with Crippen LogP contribution in [0.2, 0.25) is 0 Å². The molecular weight excluding hydrogens is 260 g/mol. The van der Waals surface area contributed by atoms with Gasteiger partial charge in [-0.1, -0.05) is 19.8 Å². The summed E-state index contributed by atoms with van der Waals surface area (Å²) in [6.07, 6.45) is 9.17. The van der Waals surface area contributed by atoms with E-state index < -0.39 is 0 Å². The highest BCUT2D eigenvalue weighted by atomic mass is 15.3. The van der Waals surface area contributed by atoms with Gasteiger partial charge in [0, 0.05) is 43.1 Å². The first kappa shape index (κ1) is 16.2. The molecule has 2 rings (SSSR count). The summed E-state index contributed by atoms with van der Waals surface area (Å²) in [6.45, 7) is 9.66. The molecule has 2 atom stereocenters. The van der Waals surface area contributed by atoms with Gasteiger partial charge in [-0.3, -0.25) is 0 Å². The Morgan fingerprint density at radius 3 is 2.38 bits per heavy atom. The fraction of sp³-hybridized carbons (Fsp3) is 0.765. The SMILES string of the molecule is CC1CCCCC1N(C)c1ncc(CNC(C)(C)C)cn1. The smallest absolute Gasteiger partial charge is 0.225 e. The normalized spacial score (nSPS) is 23.1. The molecule has 1 aromatic heterocycles. The van der Waals surface area contributed by atoms with Crippen LogP contribution in [0, 0.1) is 5.92 Å². The zero-order valence-corrected chi connectivity index (χ0v) is 14.2. The molecule has 1 saturated carbocycles. The Kier molecular flexibility index (Phi) is 5.20. The van der Waals surface area contributed by atoms with Crippen LogP contribution in [-0.2, 0) is 6.54 Å². The summed E-state index contributed by atoms with van der Waals surface area (Å²) in [4.78, 5) is 11.4. The minimum absolute atomic E-state index is 0.118. The highest BCUT2D eigenvalue weighted by molar-refractivity contribution is 5.30. The van der Waals surface area contributed by atoms with Crippen LogP contribution in [0.1, 0.15) is 58.9 Å². The van der Waals surface area contributed by atoms with E-state index in [-0.39, 0.29) is 5.54 Å². The molecule has 1 aliphatic rings. The van der Waals surface area contributed by atoms with Crippen LogP contribution in [0.5, 0.6) is 0 Å². The van der Waals surface area contributed by atoms with E-state index >= 15 is 0 Å². The van der Waals surface area contributed by atoms with Crippen molar-refractivity contribution in [3.8, 4) is 0 Å². The highest BCUT2D eigenvalue weighted by Crippen LogP contribution is 2.28. The van der Waals surface area contributed by atoms with E-state index in [0.29, 0.717) is 6.04 Å². The van der Waals surface area contributed by atoms with Crippen molar-refractivity contribution in [2.24, 2.45) is 5.92 Å². The Hall–Kier alpha value is -1.16. The molecular formula is C17H30N4.